The van der Waals surface area contributed by atoms with Gasteiger partial charge in [0.05, 0.1) is 25.6 Å². The monoisotopic (exact) mass is 855 g/mol. The average molecular weight is 855 g/mol. The van der Waals surface area contributed by atoms with Crippen molar-refractivity contribution in [3.8, 4) is 0 Å². The van der Waals surface area contributed by atoms with E-state index in [2.05, 4.69) is 37.2 Å². The van der Waals surface area contributed by atoms with Crippen LogP contribution in [0.3, 0.4) is 0 Å². The van der Waals surface area contributed by atoms with Crippen LogP contribution in [0.5, 0.6) is 0 Å². The minimum absolute atomic E-state index is 0.0130. The first-order valence-corrected chi connectivity index (χ1v) is 20.9. The zero-order chi connectivity index (χ0) is 45.4. The summed E-state index contributed by atoms with van der Waals surface area (Å²) in [5.41, 5.74) is 10.6. The van der Waals surface area contributed by atoms with Crippen LogP contribution < -0.4 is 48.7 Å². The molecule has 0 aromatic carbocycles. The molecule has 14 N–H and O–H groups in total. The third-order valence-electron chi connectivity index (χ3n) is 9.80. The summed E-state index contributed by atoms with van der Waals surface area (Å²) in [6, 6.07) is -8.84. The van der Waals surface area contributed by atoms with Crippen molar-refractivity contribution in [1.29, 1.82) is 5.41 Å². The number of carbonyl (C=O) groups excluding carboxylic acids is 8. The molecule has 1 saturated heterocycles. The van der Waals surface area contributed by atoms with Crippen LogP contribution in [0.2, 0.25) is 0 Å². The molecule has 0 aliphatic carbocycles. The topological polar surface area (TPSA) is 346 Å². The molecule has 0 radical (unpaired) electrons. The van der Waals surface area contributed by atoms with Crippen LogP contribution in [-0.2, 0) is 43.1 Å². The second-order valence-electron chi connectivity index (χ2n) is 15.9. The van der Waals surface area contributed by atoms with Gasteiger partial charge in [-0.2, -0.15) is 0 Å². The number of amides is 7. The number of guanidine groups is 1. The smallest absolute Gasteiger partial charge is 0.328 e. The summed E-state index contributed by atoms with van der Waals surface area (Å²) < 4.78 is 5.30. The van der Waals surface area contributed by atoms with Crippen molar-refractivity contribution in [1.82, 2.24) is 37.2 Å². The van der Waals surface area contributed by atoms with Gasteiger partial charge in [0.1, 0.15) is 42.9 Å². The summed E-state index contributed by atoms with van der Waals surface area (Å²) in [6.45, 7) is 6.67. The van der Waals surface area contributed by atoms with E-state index in [-0.39, 0.29) is 12.4 Å². The van der Waals surface area contributed by atoms with Crippen molar-refractivity contribution < 1.29 is 53.3 Å². The molecule has 60 heavy (non-hydrogen) atoms. The van der Waals surface area contributed by atoms with Gasteiger partial charge in [0.2, 0.25) is 41.4 Å². The second kappa shape index (κ2) is 28.4. The highest BCUT2D eigenvalue weighted by molar-refractivity contribution is 5.98. The van der Waals surface area contributed by atoms with Crippen LogP contribution in [0, 0.1) is 17.2 Å². The van der Waals surface area contributed by atoms with Gasteiger partial charge in [0.25, 0.3) is 0 Å². The Balaban J connectivity index is 3.06. The van der Waals surface area contributed by atoms with Gasteiger partial charge >= 0.3 is 5.97 Å². The largest absolute Gasteiger partial charge is 0.461 e. The molecule has 7 amide bonds. The number of unbranched alkanes of at least 4 members (excludes halogenated alkanes) is 9. The molecule has 1 heterocycles. The molecule has 7 unspecified atom stereocenters. The van der Waals surface area contributed by atoms with E-state index < -0.39 is 121 Å². The van der Waals surface area contributed by atoms with Crippen LogP contribution in [-0.4, -0.2) is 126 Å². The Kier molecular flexibility index (Phi) is 25.1. The number of nitrogens with one attached hydrogen (secondary N) is 8. The summed E-state index contributed by atoms with van der Waals surface area (Å²) in [5.74, 6) is -8.70. The lowest BCUT2D eigenvalue weighted by molar-refractivity contribution is -0.150. The third-order valence-corrected chi connectivity index (χ3v) is 9.80. The molecule has 1 fully saturated rings. The standard InChI is InChI=1S/C39H70N10O11/c1-22(2)31-36(57)47-27(20-50)34(55)46-26(19-29(40)52)33(54)44-24(5)38(59)60-21-28(35(56)48-32(23(3)4)37(58)49-31)45-30(53)18-25(51)16-14-12-10-8-6-7-9-11-13-15-17-43-39(41)42/h22-28,31-32,50-51H,6-21H2,1-5H3,(H2,40,52)(H,44,54)(H,45,53)(H,46,55)(H,47,57)(H,48,56)(H,49,58)(H4,41,42,43). The number of primary amides is 1. The molecule has 0 aromatic rings. The van der Waals surface area contributed by atoms with Gasteiger partial charge in [0.15, 0.2) is 5.96 Å². The predicted octanol–water partition coefficient (Wildman–Crippen LogP) is -1.82. The number of rotatable bonds is 21. The number of ether oxygens (including phenoxy) is 1. The second-order valence-corrected chi connectivity index (χ2v) is 15.9. The molecule has 0 saturated carbocycles. The van der Waals surface area contributed by atoms with Crippen LogP contribution in [0.25, 0.3) is 0 Å². The highest BCUT2D eigenvalue weighted by Gasteiger charge is 2.36. The van der Waals surface area contributed by atoms with Gasteiger partial charge < -0.3 is 63.6 Å². The lowest BCUT2D eigenvalue weighted by atomic mass is 9.99. The maximum absolute atomic E-state index is 13.7. The van der Waals surface area contributed by atoms with Gasteiger partial charge in [0, 0.05) is 6.54 Å². The van der Waals surface area contributed by atoms with Gasteiger partial charge in [-0.1, -0.05) is 85.5 Å². The van der Waals surface area contributed by atoms with Crippen LogP contribution >= 0.6 is 0 Å². The van der Waals surface area contributed by atoms with Crippen LogP contribution in [0.1, 0.15) is 118 Å². The zero-order valence-corrected chi connectivity index (χ0v) is 35.7. The average Bonchev–Trinajstić information content (AvgIpc) is 3.16. The molecule has 1 aliphatic rings. The number of hydrogen-bond donors (Lipinski definition) is 12. The Morgan fingerprint density at radius 3 is 1.73 bits per heavy atom. The molecule has 0 spiro atoms. The SMILES string of the molecule is CC1NC(=O)C(CC(N)=O)NC(=O)C(CO)NC(=O)C(C(C)C)NC(=O)C(C(C)C)NC(=O)C(NC(=O)CC(O)CCCCCCCCCCCCNC(=N)N)COC1=O. The number of esters is 1. The first kappa shape index (κ1) is 53.0. The molecular formula is C39H70N10O11. The summed E-state index contributed by atoms with van der Waals surface area (Å²) in [5, 5.41) is 44.9. The fourth-order valence-electron chi connectivity index (χ4n) is 6.26. The molecule has 0 bridgehead atoms. The minimum atomic E-state index is -1.65. The van der Waals surface area contributed by atoms with E-state index in [0.29, 0.717) is 19.4 Å². The number of aliphatic hydroxyl groups excluding tert-OH is 2. The fourth-order valence-corrected chi connectivity index (χ4v) is 6.26. The van der Waals surface area contributed by atoms with E-state index in [4.69, 9.17) is 21.6 Å². The molecule has 21 nitrogen and oxygen atoms in total. The molecule has 0 aromatic heterocycles. The lowest BCUT2D eigenvalue weighted by Gasteiger charge is -2.29. The minimum Gasteiger partial charge on any atom is -0.461 e. The fraction of sp³-hybridized carbons (Fsp3) is 0.769. The van der Waals surface area contributed by atoms with Crippen molar-refractivity contribution >= 4 is 53.3 Å². The molecule has 21 heteroatoms. The number of carbonyl (C=O) groups is 8. The molecular weight excluding hydrogens is 784 g/mol. The molecule has 1 rings (SSSR count). The van der Waals surface area contributed by atoms with Gasteiger partial charge in [-0.15, -0.1) is 0 Å². The number of cyclic esters (lactones) is 1. The third kappa shape index (κ3) is 21.3. The van der Waals surface area contributed by atoms with E-state index in [1.807, 2.05) is 0 Å². The Labute approximate surface area is 352 Å². The molecule has 342 valence electrons. The number of nitrogens with two attached hydrogens (primary N) is 2. The molecule has 7 atom stereocenters. The number of hydrogen-bond acceptors (Lipinski definition) is 12. The maximum Gasteiger partial charge on any atom is 0.328 e. The first-order valence-electron chi connectivity index (χ1n) is 20.9. The Hall–Kier alpha value is -5.05. The summed E-state index contributed by atoms with van der Waals surface area (Å²) in [6.07, 6.45) is 8.31. The van der Waals surface area contributed by atoms with Crippen molar-refractivity contribution in [3.63, 3.8) is 0 Å². The highest BCUT2D eigenvalue weighted by atomic mass is 16.5. The molecule has 1 aliphatic heterocycles. The summed E-state index contributed by atoms with van der Waals surface area (Å²) >= 11 is 0. The van der Waals surface area contributed by atoms with Gasteiger partial charge in [-0.3, -0.25) is 39.0 Å². The van der Waals surface area contributed by atoms with Crippen LogP contribution in [0.15, 0.2) is 0 Å². The van der Waals surface area contributed by atoms with Crippen LogP contribution in [0.4, 0.5) is 0 Å². The first-order chi connectivity index (χ1) is 28.3. The zero-order valence-electron chi connectivity index (χ0n) is 35.7. The van der Waals surface area contributed by atoms with Crippen molar-refractivity contribution in [2.45, 2.75) is 160 Å². The lowest BCUT2D eigenvalue weighted by Crippen LogP contribution is -2.61. The van der Waals surface area contributed by atoms with E-state index in [0.717, 1.165) is 57.8 Å². The Morgan fingerprint density at radius 2 is 1.22 bits per heavy atom. The normalized spacial score (nSPS) is 23.1. The predicted molar refractivity (Wildman–Crippen MR) is 220 cm³/mol. The van der Waals surface area contributed by atoms with Crippen molar-refractivity contribution in [2.75, 3.05) is 19.8 Å². The maximum atomic E-state index is 13.7. The van der Waals surface area contributed by atoms with E-state index in [1.54, 1.807) is 27.7 Å². The Bertz CT molecular complexity index is 1450. The van der Waals surface area contributed by atoms with Gasteiger partial charge in [-0.25, -0.2) is 4.79 Å². The Morgan fingerprint density at radius 1 is 0.733 bits per heavy atom. The summed E-state index contributed by atoms with van der Waals surface area (Å²) in [7, 11) is 0. The van der Waals surface area contributed by atoms with E-state index in [9.17, 15) is 48.6 Å². The summed E-state index contributed by atoms with van der Waals surface area (Å²) in [4.78, 5) is 105. The van der Waals surface area contributed by atoms with E-state index >= 15 is 0 Å². The van der Waals surface area contributed by atoms with E-state index in [1.165, 1.54) is 6.92 Å². The van der Waals surface area contributed by atoms with Crippen molar-refractivity contribution in [2.24, 2.45) is 23.3 Å². The highest BCUT2D eigenvalue weighted by Crippen LogP contribution is 2.14. The number of aliphatic hydroxyl groups is 2. The van der Waals surface area contributed by atoms with Gasteiger partial charge in [-0.05, 0) is 31.6 Å². The van der Waals surface area contributed by atoms with Crippen molar-refractivity contribution in [3.05, 3.63) is 0 Å². The quantitative estimate of drug-likeness (QED) is 0.0262.